The molecule has 0 saturated carbocycles. The topological polar surface area (TPSA) is 15.3 Å². The number of benzene rings is 1. The van der Waals surface area contributed by atoms with Gasteiger partial charge in [-0.2, -0.15) is 0 Å². The average Bonchev–Trinajstić information content (AvgIpc) is 2.74. The van der Waals surface area contributed by atoms with Crippen LogP contribution in [-0.4, -0.2) is 26.7 Å². The van der Waals surface area contributed by atoms with Gasteiger partial charge in [-0.15, -0.1) is 0 Å². The second kappa shape index (κ2) is 4.53. The van der Waals surface area contributed by atoms with Crippen molar-refractivity contribution in [2.24, 2.45) is 0 Å². The van der Waals surface area contributed by atoms with E-state index in [2.05, 4.69) is 41.5 Å². The number of anilines is 1. The molecule has 0 amide bonds. The van der Waals surface area contributed by atoms with E-state index in [4.69, 9.17) is 0 Å². The van der Waals surface area contributed by atoms with Crippen LogP contribution in [0.2, 0.25) is 0 Å². The smallest absolute Gasteiger partial charge is 0.0402 e. The minimum atomic E-state index is 1.14. The second-order valence-electron chi connectivity index (χ2n) is 5.07. The Balaban J connectivity index is 1.93. The summed E-state index contributed by atoms with van der Waals surface area (Å²) in [5.41, 5.74) is 6.02. The van der Waals surface area contributed by atoms with Crippen molar-refractivity contribution < 1.29 is 0 Å². The molecule has 0 aromatic heterocycles. The van der Waals surface area contributed by atoms with Gasteiger partial charge in [0.15, 0.2) is 0 Å². The molecule has 2 heterocycles. The van der Waals surface area contributed by atoms with E-state index in [-0.39, 0.29) is 0 Å². The molecule has 2 aliphatic rings. The van der Waals surface area contributed by atoms with Crippen molar-refractivity contribution in [3.8, 4) is 0 Å². The van der Waals surface area contributed by atoms with Crippen LogP contribution in [0.25, 0.3) is 6.08 Å². The average molecular weight is 228 g/mol. The number of fused-ring (bicyclic) bond motifs is 1. The zero-order chi connectivity index (χ0) is 11.7. The predicted octanol–water partition coefficient (Wildman–Crippen LogP) is 2.45. The van der Waals surface area contributed by atoms with Crippen LogP contribution in [-0.2, 0) is 6.42 Å². The lowest BCUT2D eigenvalue weighted by atomic mass is 9.98. The van der Waals surface area contributed by atoms with Crippen LogP contribution in [0.3, 0.4) is 0 Å². The Bertz CT molecular complexity index is 440. The predicted molar refractivity (Wildman–Crippen MR) is 73.5 cm³/mol. The van der Waals surface area contributed by atoms with E-state index >= 15 is 0 Å². The van der Waals surface area contributed by atoms with Crippen LogP contribution in [0.1, 0.15) is 24.0 Å². The van der Waals surface area contributed by atoms with Gasteiger partial charge in [-0.05, 0) is 49.5 Å². The molecule has 1 saturated heterocycles. The molecule has 17 heavy (non-hydrogen) atoms. The molecule has 0 bridgehead atoms. The molecule has 2 aliphatic heterocycles. The number of rotatable bonds is 1. The molecule has 0 unspecified atom stereocenters. The highest BCUT2D eigenvalue weighted by atomic mass is 15.1. The van der Waals surface area contributed by atoms with Gasteiger partial charge in [0.05, 0.1) is 0 Å². The van der Waals surface area contributed by atoms with E-state index < -0.39 is 0 Å². The molecule has 1 aromatic carbocycles. The van der Waals surface area contributed by atoms with Crippen molar-refractivity contribution in [2.45, 2.75) is 19.3 Å². The van der Waals surface area contributed by atoms with Gasteiger partial charge in [0.25, 0.3) is 0 Å². The van der Waals surface area contributed by atoms with E-state index in [9.17, 15) is 0 Å². The van der Waals surface area contributed by atoms with Gasteiger partial charge in [-0.1, -0.05) is 23.8 Å². The van der Waals surface area contributed by atoms with E-state index in [1.165, 1.54) is 30.5 Å². The summed E-state index contributed by atoms with van der Waals surface area (Å²) < 4.78 is 0. The van der Waals surface area contributed by atoms with Crippen molar-refractivity contribution >= 4 is 11.8 Å². The summed E-state index contributed by atoms with van der Waals surface area (Å²) in [5, 5.41) is 3.41. The summed E-state index contributed by atoms with van der Waals surface area (Å²) in [4.78, 5) is 2.36. The molecule has 1 N–H and O–H groups in total. The summed E-state index contributed by atoms with van der Waals surface area (Å²) in [5.74, 6) is 0. The van der Waals surface area contributed by atoms with Crippen molar-refractivity contribution in [1.82, 2.24) is 5.32 Å². The third-order valence-electron chi connectivity index (χ3n) is 3.90. The molecule has 2 heteroatoms. The molecule has 1 fully saturated rings. The Labute approximate surface area is 103 Å². The van der Waals surface area contributed by atoms with E-state index in [1.807, 2.05) is 0 Å². The Hall–Kier alpha value is -1.28. The number of nitrogens with zero attached hydrogens (tertiary/aromatic N) is 1. The standard InChI is InChI=1S/C15H20N2/c1-17-10-7-14-13(3-2-4-15(14)17)11-12-5-8-16-9-6-12/h2-4,11,16H,5-10H2,1H3. The lowest BCUT2D eigenvalue weighted by Gasteiger charge is -2.16. The summed E-state index contributed by atoms with van der Waals surface area (Å²) in [7, 11) is 2.19. The van der Waals surface area contributed by atoms with Crippen molar-refractivity contribution in [1.29, 1.82) is 0 Å². The van der Waals surface area contributed by atoms with Crippen molar-refractivity contribution in [3.63, 3.8) is 0 Å². The summed E-state index contributed by atoms with van der Waals surface area (Å²) in [6, 6.07) is 6.70. The summed E-state index contributed by atoms with van der Waals surface area (Å²) in [6.45, 7) is 3.44. The van der Waals surface area contributed by atoms with Gasteiger partial charge in [0, 0.05) is 19.3 Å². The molecule has 0 spiro atoms. The molecule has 3 rings (SSSR count). The first-order chi connectivity index (χ1) is 8.34. The number of likely N-dealkylation sites (N-methyl/N-ethyl adjacent to an activating group) is 1. The Kier molecular flexibility index (Phi) is 2.89. The first-order valence-electron chi connectivity index (χ1n) is 6.58. The maximum Gasteiger partial charge on any atom is 0.0402 e. The maximum absolute atomic E-state index is 3.41. The Morgan fingerprint density at radius 2 is 2.00 bits per heavy atom. The molecule has 0 atom stereocenters. The van der Waals surface area contributed by atoms with Crippen molar-refractivity contribution in [3.05, 3.63) is 34.9 Å². The first kappa shape index (κ1) is 10.8. The van der Waals surface area contributed by atoms with Crippen LogP contribution in [0.5, 0.6) is 0 Å². The van der Waals surface area contributed by atoms with Gasteiger partial charge >= 0.3 is 0 Å². The van der Waals surface area contributed by atoms with Gasteiger partial charge in [0.1, 0.15) is 0 Å². The molecule has 90 valence electrons. The molecular formula is C15H20N2. The molecule has 1 aromatic rings. The minimum Gasteiger partial charge on any atom is -0.374 e. The third-order valence-corrected chi connectivity index (χ3v) is 3.90. The normalized spacial score (nSPS) is 19.4. The monoisotopic (exact) mass is 228 g/mol. The van der Waals surface area contributed by atoms with Crippen LogP contribution in [0.15, 0.2) is 23.8 Å². The zero-order valence-corrected chi connectivity index (χ0v) is 10.5. The second-order valence-corrected chi connectivity index (χ2v) is 5.07. The highest BCUT2D eigenvalue weighted by Gasteiger charge is 2.17. The Morgan fingerprint density at radius 3 is 2.82 bits per heavy atom. The fourth-order valence-electron chi connectivity index (χ4n) is 2.87. The fourth-order valence-corrected chi connectivity index (χ4v) is 2.87. The minimum absolute atomic E-state index is 1.14. The van der Waals surface area contributed by atoms with Gasteiger partial charge in [-0.3, -0.25) is 0 Å². The summed E-state index contributed by atoms with van der Waals surface area (Å²) >= 11 is 0. The number of piperidine rings is 1. The molecule has 0 aliphatic carbocycles. The maximum atomic E-state index is 3.41. The van der Waals surface area contributed by atoms with Crippen molar-refractivity contribution in [2.75, 3.05) is 31.6 Å². The van der Waals surface area contributed by atoms with Crippen LogP contribution in [0, 0.1) is 0 Å². The fraction of sp³-hybridized carbons (Fsp3) is 0.467. The van der Waals surface area contributed by atoms with Crippen LogP contribution < -0.4 is 10.2 Å². The van der Waals surface area contributed by atoms with E-state index in [1.54, 1.807) is 11.1 Å². The quantitative estimate of drug-likeness (QED) is 0.794. The lowest BCUT2D eigenvalue weighted by molar-refractivity contribution is 0.613. The van der Waals surface area contributed by atoms with Crippen LogP contribution in [0.4, 0.5) is 5.69 Å². The molecule has 0 radical (unpaired) electrons. The van der Waals surface area contributed by atoms with Gasteiger partial charge < -0.3 is 10.2 Å². The van der Waals surface area contributed by atoms with E-state index in [0.717, 1.165) is 19.6 Å². The lowest BCUT2D eigenvalue weighted by Crippen LogP contribution is -2.22. The summed E-state index contributed by atoms with van der Waals surface area (Å²) in [6.07, 6.45) is 6.04. The van der Waals surface area contributed by atoms with E-state index in [0.29, 0.717) is 0 Å². The number of hydrogen-bond acceptors (Lipinski definition) is 2. The highest BCUT2D eigenvalue weighted by molar-refractivity contribution is 5.69. The third kappa shape index (κ3) is 2.09. The molecular weight excluding hydrogens is 208 g/mol. The van der Waals surface area contributed by atoms with Gasteiger partial charge in [-0.25, -0.2) is 0 Å². The number of nitrogens with one attached hydrogen (secondary N) is 1. The largest absolute Gasteiger partial charge is 0.374 e. The Morgan fingerprint density at radius 1 is 1.18 bits per heavy atom. The van der Waals surface area contributed by atoms with Crippen LogP contribution >= 0.6 is 0 Å². The molecule has 2 nitrogen and oxygen atoms in total. The SMILES string of the molecule is CN1CCc2c(C=C3CCNCC3)cccc21. The highest BCUT2D eigenvalue weighted by Crippen LogP contribution is 2.31. The number of hydrogen-bond donors (Lipinski definition) is 1. The first-order valence-corrected chi connectivity index (χ1v) is 6.58. The van der Waals surface area contributed by atoms with Gasteiger partial charge in [0.2, 0.25) is 0 Å². The zero-order valence-electron chi connectivity index (χ0n) is 10.5.